The molecule has 0 saturated carbocycles. The fourth-order valence-corrected chi connectivity index (χ4v) is 4.97. The number of nitrogens with one attached hydrogen (secondary N) is 1. The summed E-state index contributed by atoms with van der Waals surface area (Å²) in [5.41, 5.74) is 1.04. The Bertz CT molecular complexity index is 863. The Labute approximate surface area is 144 Å². The van der Waals surface area contributed by atoms with Gasteiger partial charge in [0, 0.05) is 28.7 Å². The van der Waals surface area contributed by atoms with Gasteiger partial charge in [-0.25, -0.2) is 8.42 Å². The first kappa shape index (κ1) is 16.9. The number of carboxylic acid groups (broad SMARTS) is 1. The monoisotopic (exact) mass is 369 g/mol. The van der Waals surface area contributed by atoms with E-state index in [-0.39, 0.29) is 4.90 Å². The minimum absolute atomic E-state index is 0.0172. The molecular formula is C15H16ClN3O4S. The van der Waals surface area contributed by atoms with E-state index in [0.717, 1.165) is 4.31 Å². The van der Waals surface area contributed by atoms with Crippen molar-refractivity contribution >= 4 is 27.6 Å². The highest BCUT2D eigenvalue weighted by atomic mass is 35.5. The fraction of sp³-hybridized carbons (Fsp3) is 0.333. The molecule has 2 unspecified atom stereocenters. The highest BCUT2D eigenvalue weighted by molar-refractivity contribution is 7.89. The maximum atomic E-state index is 13.1. The summed E-state index contributed by atoms with van der Waals surface area (Å²) in [6.07, 6.45) is 2.25. The molecule has 128 valence electrons. The van der Waals surface area contributed by atoms with Crippen LogP contribution in [0.5, 0.6) is 0 Å². The number of aliphatic carboxylic acids is 1. The van der Waals surface area contributed by atoms with Crippen molar-refractivity contribution in [2.75, 3.05) is 0 Å². The first-order chi connectivity index (χ1) is 11.4. The molecule has 0 fully saturated rings. The molecule has 0 aliphatic carbocycles. The summed E-state index contributed by atoms with van der Waals surface area (Å²) in [5, 5.41) is 16.7. The van der Waals surface area contributed by atoms with Crippen molar-refractivity contribution in [3.8, 4) is 0 Å². The topological polar surface area (TPSA) is 103 Å². The van der Waals surface area contributed by atoms with Crippen LogP contribution in [0.3, 0.4) is 0 Å². The standard InChI is InChI=1S/C15H16ClN3O4S/c1-2-10-7-13-12(8-17-18-13)14(15(20)21)19(10)24(22,23)11-5-3-9(16)4-6-11/h3-6,8,10,14H,2,7H2,1H3,(H,17,18)(H,20,21). The predicted molar refractivity (Wildman–Crippen MR) is 87.2 cm³/mol. The first-order valence-corrected chi connectivity index (χ1v) is 9.22. The average Bonchev–Trinajstić information content (AvgIpc) is 3.01. The molecule has 7 nitrogen and oxygen atoms in total. The summed E-state index contributed by atoms with van der Waals surface area (Å²) >= 11 is 5.82. The van der Waals surface area contributed by atoms with Crippen molar-refractivity contribution < 1.29 is 18.3 Å². The number of nitrogens with zero attached hydrogens (tertiary/aromatic N) is 2. The summed E-state index contributed by atoms with van der Waals surface area (Å²) in [6, 6.07) is 3.93. The zero-order valence-corrected chi connectivity index (χ0v) is 14.4. The number of benzene rings is 1. The van der Waals surface area contributed by atoms with Crippen LogP contribution < -0.4 is 0 Å². The number of fused-ring (bicyclic) bond motifs is 1. The van der Waals surface area contributed by atoms with Crippen LogP contribution >= 0.6 is 11.6 Å². The van der Waals surface area contributed by atoms with Crippen molar-refractivity contribution in [3.05, 3.63) is 46.7 Å². The van der Waals surface area contributed by atoms with Gasteiger partial charge in [-0.3, -0.25) is 9.89 Å². The van der Waals surface area contributed by atoms with Crippen molar-refractivity contribution in [3.63, 3.8) is 0 Å². The quantitative estimate of drug-likeness (QED) is 0.860. The Morgan fingerprint density at radius 1 is 1.42 bits per heavy atom. The number of aromatic amines is 1. The Kier molecular flexibility index (Phi) is 4.37. The zero-order chi connectivity index (χ0) is 17.5. The number of hydrogen-bond donors (Lipinski definition) is 2. The molecule has 2 aromatic rings. The van der Waals surface area contributed by atoms with Crippen molar-refractivity contribution in [1.29, 1.82) is 0 Å². The van der Waals surface area contributed by atoms with Gasteiger partial charge in [0.05, 0.1) is 11.1 Å². The molecule has 0 amide bonds. The second-order valence-electron chi connectivity index (χ2n) is 5.60. The van der Waals surface area contributed by atoms with Crippen LogP contribution in [0.25, 0.3) is 0 Å². The Hall–Kier alpha value is -1.90. The number of carbonyl (C=O) groups is 1. The predicted octanol–water partition coefficient (Wildman–Crippen LogP) is 2.21. The molecule has 0 bridgehead atoms. The number of sulfonamides is 1. The lowest BCUT2D eigenvalue weighted by Crippen LogP contribution is -2.49. The van der Waals surface area contributed by atoms with Gasteiger partial charge in [-0.15, -0.1) is 0 Å². The van der Waals surface area contributed by atoms with Gasteiger partial charge in [0.1, 0.15) is 0 Å². The van der Waals surface area contributed by atoms with Gasteiger partial charge < -0.3 is 5.11 Å². The van der Waals surface area contributed by atoms with Gasteiger partial charge in [-0.05, 0) is 30.7 Å². The summed E-state index contributed by atoms with van der Waals surface area (Å²) in [4.78, 5) is 11.9. The van der Waals surface area contributed by atoms with E-state index < -0.39 is 28.1 Å². The van der Waals surface area contributed by atoms with E-state index in [1.165, 1.54) is 30.5 Å². The molecule has 2 heterocycles. The van der Waals surface area contributed by atoms with Crippen LogP contribution in [0.2, 0.25) is 5.02 Å². The molecule has 1 aromatic heterocycles. The number of halogens is 1. The molecule has 1 aliphatic rings. The third kappa shape index (κ3) is 2.70. The largest absolute Gasteiger partial charge is 0.480 e. The molecule has 24 heavy (non-hydrogen) atoms. The summed E-state index contributed by atoms with van der Waals surface area (Å²) in [7, 11) is -4.00. The minimum atomic E-state index is -4.00. The lowest BCUT2D eigenvalue weighted by molar-refractivity contribution is -0.142. The number of aromatic nitrogens is 2. The lowest BCUT2D eigenvalue weighted by atomic mass is 9.95. The normalized spacial score (nSPS) is 21.4. The summed E-state index contributed by atoms with van der Waals surface area (Å²) in [6.45, 7) is 1.83. The van der Waals surface area contributed by atoms with E-state index in [4.69, 9.17) is 11.6 Å². The highest BCUT2D eigenvalue weighted by Crippen LogP contribution is 2.38. The molecule has 0 spiro atoms. The molecule has 3 rings (SSSR count). The van der Waals surface area contributed by atoms with Crippen LogP contribution in [-0.2, 0) is 21.2 Å². The van der Waals surface area contributed by atoms with Crippen LogP contribution in [0.4, 0.5) is 0 Å². The van der Waals surface area contributed by atoms with Crippen molar-refractivity contribution in [2.45, 2.75) is 36.7 Å². The first-order valence-electron chi connectivity index (χ1n) is 7.40. The van der Waals surface area contributed by atoms with Crippen LogP contribution in [-0.4, -0.2) is 40.0 Å². The number of hydrogen-bond acceptors (Lipinski definition) is 4. The zero-order valence-electron chi connectivity index (χ0n) is 12.8. The number of H-pyrrole nitrogens is 1. The summed E-state index contributed by atoms with van der Waals surface area (Å²) in [5.74, 6) is -1.23. The van der Waals surface area contributed by atoms with Gasteiger partial charge in [0.2, 0.25) is 10.0 Å². The van der Waals surface area contributed by atoms with E-state index in [9.17, 15) is 18.3 Å². The van der Waals surface area contributed by atoms with E-state index in [1.807, 2.05) is 6.92 Å². The number of rotatable bonds is 4. The molecule has 2 N–H and O–H groups in total. The van der Waals surface area contributed by atoms with Gasteiger partial charge >= 0.3 is 5.97 Å². The van der Waals surface area contributed by atoms with Gasteiger partial charge in [0.25, 0.3) is 0 Å². The second kappa shape index (κ2) is 6.19. The minimum Gasteiger partial charge on any atom is -0.480 e. The van der Waals surface area contributed by atoms with Crippen LogP contribution in [0.15, 0.2) is 35.4 Å². The summed E-state index contributed by atoms with van der Waals surface area (Å²) < 4.78 is 27.3. The Morgan fingerprint density at radius 2 is 2.08 bits per heavy atom. The molecule has 9 heteroatoms. The average molecular weight is 370 g/mol. The molecule has 1 aromatic carbocycles. The second-order valence-corrected chi connectivity index (χ2v) is 7.88. The fourth-order valence-electron chi connectivity index (χ4n) is 3.02. The lowest BCUT2D eigenvalue weighted by Gasteiger charge is -2.38. The van der Waals surface area contributed by atoms with Gasteiger partial charge in [-0.2, -0.15) is 9.40 Å². The molecular weight excluding hydrogens is 354 g/mol. The van der Waals surface area contributed by atoms with E-state index in [1.54, 1.807) is 0 Å². The maximum absolute atomic E-state index is 13.1. The maximum Gasteiger partial charge on any atom is 0.326 e. The number of carboxylic acids is 1. The Morgan fingerprint density at radius 3 is 2.67 bits per heavy atom. The van der Waals surface area contributed by atoms with Crippen molar-refractivity contribution in [1.82, 2.24) is 14.5 Å². The highest BCUT2D eigenvalue weighted by Gasteiger charge is 2.46. The van der Waals surface area contributed by atoms with E-state index in [2.05, 4.69) is 10.2 Å². The SMILES string of the molecule is CCC1Cc2[nH]ncc2C(C(=O)O)N1S(=O)(=O)c1ccc(Cl)cc1. The van der Waals surface area contributed by atoms with Crippen LogP contribution in [0, 0.1) is 0 Å². The van der Waals surface area contributed by atoms with Crippen LogP contribution in [0.1, 0.15) is 30.6 Å². The molecule has 0 saturated heterocycles. The van der Waals surface area contributed by atoms with Gasteiger partial charge in [0.15, 0.2) is 6.04 Å². The smallest absolute Gasteiger partial charge is 0.326 e. The third-order valence-electron chi connectivity index (χ3n) is 4.19. The molecule has 1 aliphatic heterocycles. The molecule has 0 radical (unpaired) electrons. The van der Waals surface area contributed by atoms with E-state index in [0.29, 0.717) is 29.1 Å². The van der Waals surface area contributed by atoms with E-state index >= 15 is 0 Å². The Balaban J connectivity index is 2.15. The van der Waals surface area contributed by atoms with Gasteiger partial charge in [-0.1, -0.05) is 18.5 Å². The third-order valence-corrected chi connectivity index (χ3v) is 6.38. The van der Waals surface area contributed by atoms with Crippen molar-refractivity contribution in [2.24, 2.45) is 0 Å². The molecule has 2 atom stereocenters.